The Morgan fingerprint density at radius 3 is 2.64 bits per heavy atom. The third kappa shape index (κ3) is 4.86. The normalized spacial score (nSPS) is 14.6. The number of pyridine rings is 1. The summed E-state index contributed by atoms with van der Waals surface area (Å²) < 4.78 is 5.31. The number of para-hydroxylation sites is 2. The maximum Gasteiger partial charge on any atom is 0.319 e. The summed E-state index contributed by atoms with van der Waals surface area (Å²) in [6.07, 6.45) is 7.41. The number of nitrogens with one attached hydrogen (secondary N) is 3. The van der Waals surface area contributed by atoms with Gasteiger partial charge in [0.1, 0.15) is 11.6 Å². The second-order valence-electron chi connectivity index (χ2n) is 6.19. The Kier molecular flexibility index (Phi) is 5.72. The monoisotopic (exact) mass is 340 g/mol. The number of methoxy groups -OCH3 is 1. The summed E-state index contributed by atoms with van der Waals surface area (Å²) in [6, 6.07) is 11.4. The molecule has 1 aliphatic rings. The Bertz CT molecular complexity index is 697. The first-order valence-electron chi connectivity index (χ1n) is 8.68. The lowest BCUT2D eigenvalue weighted by atomic mass is 9.96. The van der Waals surface area contributed by atoms with Gasteiger partial charge in [-0.3, -0.25) is 0 Å². The molecular weight excluding hydrogens is 316 g/mol. The Hall–Kier alpha value is -2.76. The van der Waals surface area contributed by atoms with E-state index in [4.69, 9.17) is 4.74 Å². The summed E-state index contributed by atoms with van der Waals surface area (Å²) >= 11 is 0. The van der Waals surface area contributed by atoms with Crippen LogP contribution >= 0.6 is 0 Å². The predicted octanol–water partition coefficient (Wildman–Crippen LogP) is 4.29. The maximum absolute atomic E-state index is 12.1. The first-order chi connectivity index (χ1) is 12.2. The van der Waals surface area contributed by atoms with E-state index in [-0.39, 0.29) is 12.1 Å². The molecule has 3 rings (SSSR count). The zero-order valence-electron chi connectivity index (χ0n) is 14.4. The molecule has 3 N–H and O–H groups in total. The summed E-state index contributed by atoms with van der Waals surface area (Å²) in [5.74, 6) is 1.43. The van der Waals surface area contributed by atoms with E-state index in [1.54, 1.807) is 13.3 Å². The Morgan fingerprint density at radius 2 is 1.92 bits per heavy atom. The van der Waals surface area contributed by atoms with Crippen LogP contribution in [-0.4, -0.2) is 24.2 Å². The molecule has 1 fully saturated rings. The van der Waals surface area contributed by atoms with Crippen LogP contribution in [0, 0.1) is 0 Å². The number of ether oxygens (including phenoxy) is 1. The standard InChI is InChI=1S/C19H24N4O2/c1-25-17-10-6-5-9-16(17)23-18-12-11-15(13-20-18)22-19(24)21-14-7-3-2-4-8-14/h5-6,9-14H,2-4,7-8H2,1H3,(H,20,23)(H2,21,22,24). The molecule has 1 aromatic heterocycles. The fraction of sp³-hybridized carbons (Fsp3) is 0.368. The molecule has 0 spiro atoms. The quantitative estimate of drug-likeness (QED) is 0.759. The van der Waals surface area contributed by atoms with Crippen molar-refractivity contribution in [3.05, 3.63) is 42.6 Å². The van der Waals surface area contributed by atoms with E-state index >= 15 is 0 Å². The van der Waals surface area contributed by atoms with Crippen LogP contribution in [0.15, 0.2) is 42.6 Å². The number of hydrogen-bond acceptors (Lipinski definition) is 4. The average Bonchev–Trinajstić information content (AvgIpc) is 2.64. The molecule has 25 heavy (non-hydrogen) atoms. The molecule has 1 aliphatic carbocycles. The van der Waals surface area contributed by atoms with Crippen LogP contribution in [0.3, 0.4) is 0 Å². The number of anilines is 3. The zero-order valence-corrected chi connectivity index (χ0v) is 14.4. The molecule has 0 saturated heterocycles. The third-order valence-corrected chi connectivity index (χ3v) is 4.33. The molecular formula is C19H24N4O2. The van der Waals surface area contributed by atoms with Crippen LogP contribution in [-0.2, 0) is 0 Å². The molecule has 0 atom stereocenters. The summed E-state index contributed by atoms with van der Waals surface area (Å²) in [6.45, 7) is 0. The molecule has 132 valence electrons. The highest BCUT2D eigenvalue weighted by Crippen LogP contribution is 2.26. The van der Waals surface area contributed by atoms with Gasteiger partial charge in [0.2, 0.25) is 0 Å². The van der Waals surface area contributed by atoms with Crippen molar-refractivity contribution in [3.8, 4) is 5.75 Å². The smallest absolute Gasteiger partial charge is 0.319 e. The highest BCUT2D eigenvalue weighted by atomic mass is 16.5. The lowest BCUT2D eigenvalue weighted by Crippen LogP contribution is -2.39. The number of hydrogen-bond donors (Lipinski definition) is 3. The van der Waals surface area contributed by atoms with Gasteiger partial charge in [0.25, 0.3) is 0 Å². The average molecular weight is 340 g/mol. The largest absolute Gasteiger partial charge is 0.495 e. The molecule has 1 aromatic carbocycles. The van der Waals surface area contributed by atoms with E-state index in [0.29, 0.717) is 11.5 Å². The molecule has 0 unspecified atom stereocenters. The van der Waals surface area contributed by atoms with Crippen LogP contribution < -0.4 is 20.7 Å². The lowest BCUT2D eigenvalue weighted by Gasteiger charge is -2.22. The molecule has 0 bridgehead atoms. The molecule has 1 heterocycles. The Morgan fingerprint density at radius 1 is 1.12 bits per heavy atom. The van der Waals surface area contributed by atoms with Gasteiger partial charge < -0.3 is 20.7 Å². The van der Waals surface area contributed by atoms with Crippen molar-refractivity contribution in [2.45, 2.75) is 38.1 Å². The molecule has 2 amide bonds. The first kappa shape index (κ1) is 17.1. The van der Waals surface area contributed by atoms with Crippen molar-refractivity contribution in [3.63, 3.8) is 0 Å². The van der Waals surface area contributed by atoms with Crippen molar-refractivity contribution in [2.24, 2.45) is 0 Å². The third-order valence-electron chi connectivity index (χ3n) is 4.33. The number of amides is 2. The van der Waals surface area contributed by atoms with Crippen LogP contribution in [0.2, 0.25) is 0 Å². The van der Waals surface area contributed by atoms with Crippen molar-refractivity contribution in [1.29, 1.82) is 0 Å². The van der Waals surface area contributed by atoms with Crippen LogP contribution in [0.5, 0.6) is 5.75 Å². The molecule has 0 radical (unpaired) electrons. The number of rotatable bonds is 5. The first-order valence-corrected chi connectivity index (χ1v) is 8.68. The zero-order chi connectivity index (χ0) is 17.5. The van der Waals surface area contributed by atoms with E-state index < -0.39 is 0 Å². The van der Waals surface area contributed by atoms with E-state index in [0.717, 1.165) is 24.3 Å². The summed E-state index contributed by atoms with van der Waals surface area (Å²) in [5.41, 5.74) is 1.51. The minimum atomic E-state index is -0.167. The number of urea groups is 1. The highest BCUT2D eigenvalue weighted by Gasteiger charge is 2.15. The van der Waals surface area contributed by atoms with Gasteiger partial charge in [0.05, 0.1) is 24.7 Å². The minimum Gasteiger partial charge on any atom is -0.495 e. The lowest BCUT2D eigenvalue weighted by molar-refractivity contribution is 0.244. The Balaban J connectivity index is 1.55. The van der Waals surface area contributed by atoms with Gasteiger partial charge in [-0.15, -0.1) is 0 Å². The van der Waals surface area contributed by atoms with Crippen molar-refractivity contribution in [2.75, 3.05) is 17.7 Å². The van der Waals surface area contributed by atoms with Crippen LogP contribution in [0.4, 0.5) is 22.0 Å². The predicted molar refractivity (Wildman–Crippen MR) is 99.5 cm³/mol. The SMILES string of the molecule is COc1ccccc1Nc1ccc(NC(=O)NC2CCCCC2)cn1. The van der Waals surface area contributed by atoms with Crippen LogP contribution in [0.1, 0.15) is 32.1 Å². The number of nitrogens with zero attached hydrogens (tertiary/aromatic N) is 1. The van der Waals surface area contributed by atoms with Gasteiger partial charge in [0, 0.05) is 6.04 Å². The summed E-state index contributed by atoms with van der Waals surface area (Å²) in [7, 11) is 1.63. The number of carbonyl (C=O) groups is 1. The van der Waals surface area contributed by atoms with Gasteiger partial charge in [-0.05, 0) is 37.1 Å². The van der Waals surface area contributed by atoms with Gasteiger partial charge in [-0.2, -0.15) is 0 Å². The van der Waals surface area contributed by atoms with Gasteiger partial charge in [-0.25, -0.2) is 9.78 Å². The second-order valence-corrected chi connectivity index (χ2v) is 6.19. The van der Waals surface area contributed by atoms with E-state index in [2.05, 4.69) is 20.9 Å². The van der Waals surface area contributed by atoms with Crippen molar-refractivity contribution in [1.82, 2.24) is 10.3 Å². The fourth-order valence-electron chi connectivity index (χ4n) is 3.03. The number of aromatic nitrogens is 1. The number of benzene rings is 1. The van der Waals surface area contributed by atoms with Gasteiger partial charge >= 0.3 is 6.03 Å². The molecule has 0 aliphatic heterocycles. The van der Waals surface area contributed by atoms with Gasteiger partial charge in [0.15, 0.2) is 0 Å². The fourth-order valence-corrected chi connectivity index (χ4v) is 3.03. The van der Waals surface area contributed by atoms with Crippen molar-refractivity contribution >= 4 is 23.2 Å². The highest BCUT2D eigenvalue weighted by molar-refractivity contribution is 5.89. The molecule has 2 aromatic rings. The topological polar surface area (TPSA) is 75.3 Å². The summed E-state index contributed by atoms with van der Waals surface area (Å²) in [5, 5.41) is 9.07. The second kappa shape index (κ2) is 8.37. The maximum atomic E-state index is 12.1. The minimum absolute atomic E-state index is 0.167. The number of carbonyl (C=O) groups excluding carboxylic acids is 1. The molecule has 6 nitrogen and oxygen atoms in total. The molecule has 1 saturated carbocycles. The van der Waals surface area contributed by atoms with E-state index in [1.165, 1.54) is 19.3 Å². The van der Waals surface area contributed by atoms with E-state index in [9.17, 15) is 4.79 Å². The summed E-state index contributed by atoms with van der Waals surface area (Å²) in [4.78, 5) is 16.4. The molecule has 6 heteroatoms. The van der Waals surface area contributed by atoms with E-state index in [1.807, 2.05) is 36.4 Å². The van der Waals surface area contributed by atoms with Crippen molar-refractivity contribution < 1.29 is 9.53 Å². The van der Waals surface area contributed by atoms with Gasteiger partial charge in [-0.1, -0.05) is 31.4 Å². The van der Waals surface area contributed by atoms with Crippen LogP contribution in [0.25, 0.3) is 0 Å². The Labute approximate surface area is 148 Å².